The molecule has 0 aromatic carbocycles. The van der Waals surface area contributed by atoms with E-state index in [9.17, 15) is 4.79 Å². The third-order valence-corrected chi connectivity index (χ3v) is 12.2. The van der Waals surface area contributed by atoms with Crippen LogP contribution in [0.3, 0.4) is 0 Å². The van der Waals surface area contributed by atoms with Gasteiger partial charge in [-0.1, -0.05) is 0 Å². The topological polar surface area (TPSA) is 26.3 Å². The van der Waals surface area contributed by atoms with Gasteiger partial charge in [-0.25, -0.2) is 0 Å². The van der Waals surface area contributed by atoms with Gasteiger partial charge in [0.05, 0.1) is 0 Å². The second-order valence-electron chi connectivity index (χ2n) is 6.28. The summed E-state index contributed by atoms with van der Waals surface area (Å²) in [6, 6.07) is 0. The molecule has 2 nitrogen and oxygen atoms in total. The predicted molar refractivity (Wildman–Crippen MR) is 65.0 cm³/mol. The summed E-state index contributed by atoms with van der Waals surface area (Å²) in [5.41, 5.74) is 0. The van der Waals surface area contributed by atoms with Gasteiger partial charge in [-0.05, 0) is 0 Å². The molecule has 17 heavy (non-hydrogen) atoms. The molecule has 88 valence electrons. The SMILES string of the molecule is O=C(OC1CC[CH]([Rb])CC1)C1CC[CH]([RaH])CC1. The van der Waals surface area contributed by atoms with E-state index in [-0.39, 0.29) is 18.0 Å². The third kappa shape index (κ3) is 5.56. The minimum atomic E-state index is 0.137. The standard InChI is InChI=1S/C13H20O2.Ra.Rb.H/c14-13(11-7-3-1-4-8-11)15-12-9-5-2-6-10-12;;;/h1-2,11-12H,3-10H2;;;. The van der Waals surface area contributed by atoms with Crippen molar-refractivity contribution in [3.8, 4) is 0 Å². The van der Waals surface area contributed by atoms with Crippen LogP contribution in [0.25, 0.3) is 0 Å². The van der Waals surface area contributed by atoms with Crippen molar-refractivity contribution < 1.29 is 52.3 Å². The molecule has 2 fully saturated rings. The van der Waals surface area contributed by atoms with Gasteiger partial charge in [0.1, 0.15) is 0 Å². The van der Waals surface area contributed by atoms with E-state index in [0.29, 0.717) is 42.8 Å². The van der Waals surface area contributed by atoms with Crippen molar-refractivity contribution in [2.75, 3.05) is 0 Å². The molecule has 0 aliphatic heterocycles. The van der Waals surface area contributed by atoms with Crippen molar-refractivity contribution in [2.45, 2.75) is 57.4 Å². The van der Waals surface area contributed by atoms with Crippen LogP contribution in [0.1, 0.15) is 51.4 Å². The fourth-order valence-corrected chi connectivity index (χ4v) is 7.48. The molecule has 0 N–H and O–H groups in total. The summed E-state index contributed by atoms with van der Waals surface area (Å²) in [5, 5.41) is 0. The summed E-state index contributed by atoms with van der Waals surface area (Å²) in [6.07, 6.45) is 10.0. The van der Waals surface area contributed by atoms with Crippen molar-refractivity contribution in [1.29, 1.82) is 0 Å². The average molecular weight is 521 g/mol. The number of carbonyl (C=O) groups excluding carboxylic acids is 1. The Hall–Kier alpha value is 2.74. The molecule has 0 amide bonds. The van der Waals surface area contributed by atoms with Crippen molar-refractivity contribution in [3.63, 3.8) is 0 Å². The van der Waals surface area contributed by atoms with Crippen LogP contribution >= 0.6 is 0 Å². The molecule has 0 radical (unpaired) electrons. The summed E-state index contributed by atoms with van der Waals surface area (Å²) in [5.74, 6) is 0.386. The molecule has 2 aliphatic carbocycles. The number of ether oxygens (including phenoxy) is 1. The molecule has 0 spiro atoms. The van der Waals surface area contributed by atoms with Crippen LogP contribution < -0.4 is 0 Å². The van der Waals surface area contributed by atoms with E-state index < -0.39 is 0 Å². The van der Waals surface area contributed by atoms with Crippen LogP contribution in [-0.2, 0) is 9.53 Å². The first kappa shape index (κ1) is 16.1. The van der Waals surface area contributed by atoms with Crippen LogP contribution in [0, 0.1) is 48.7 Å². The first-order valence-electron chi connectivity index (χ1n) is 7.35. The number of carbonyl (C=O) groups is 1. The Kier molecular flexibility index (Phi) is 7.82. The molecule has 0 aromatic heterocycles. The average Bonchev–Trinajstić information content (AvgIpc) is 2.33. The molecule has 0 unspecified atom stereocenters. The Morgan fingerprint density at radius 2 is 1.59 bits per heavy atom. The summed E-state index contributed by atoms with van der Waals surface area (Å²) in [4.78, 5) is 12.1. The van der Waals surface area contributed by atoms with E-state index >= 15 is 0 Å². The van der Waals surface area contributed by atoms with E-state index in [1.165, 1.54) is 25.7 Å². The van der Waals surface area contributed by atoms with E-state index in [4.69, 9.17) is 4.74 Å². The Morgan fingerprint density at radius 1 is 1.00 bits per heavy atom. The van der Waals surface area contributed by atoms with Crippen LogP contribution in [0.2, 0.25) is -0.0546 Å². The molecule has 0 saturated heterocycles. The van der Waals surface area contributed by atoms with Crippen molar-refractivity contribution in [2.24, 2.45) is 5.92 Å². The molecule has 0 aromatic rings. The molecule has 0 heterocycles. The molecular weight excluding hydrogens is 500 g/mol. The summed E-state index contributed by atoms with van der Waals surface area (Å²) >= 11 is 1.46. The monoisotopic (exact) mass is 520 g/mol. The van der Waals surface area contributed by atoms with Crippen molar-refractivity contribution >= 4 is 61.5 Å². The fourth-order valence-electron chi connectivity index (χ4n) is 3.10. The molecular formula is C13H21O2RaRb. The van der Waals surface area contributed by atoms with Gasteiger partial charge in [0.2, 0.25) is 0 Å². The van der Waals surface area contributed by atoms with Crippen molar-refractivity contribution in [3.05, 3.63) is 0 Å². The van der Waals surface area contributed by atoms with Gasteiger partial charge in [-0.2, -0.15) is 0 Å². The second kappa shape index (κ2) is 8.25. The Morgan fingerprint density at radius 3 is 2.18 bits per heavy atom. The Balaban J connectivity index is 1.73. The Labute approximate surface area is 173 Å². The first-order valence-corrected chi connectivity index (χ1v) is 14.9. The predicted octanol–water partition coefficient (Wildman–Crippen LogP) is 2.69. The number of rotatable bonds is 2. The second-order valence-corrected chi connectivity index (χ2v) is 17.0. The molecule has 2 aliphatic rings. The Bertz CT molecular complexity index is 256. The zero-order valence-electron chi connectivity index (χ0n) is 11.3. The number of esters is 1. The van der Waals surface area contributed by atoms with E-state index in [0.717, 1.165) is 81.2 Å². The van der Waals surface area contributed by atoms with Gasteiger partial charge in [0.25, 0.3) is 0 Å². The molecule has 2 rings (SSSR count). The molecule has 0 bridgehead atoms. The summed E-state index contributed by atoms with van der Waals surface area (Å²) < 4.78 is 7.79. The van der Waals surface area contributed by atoms with E-state index in [2.05, 4.69) is 0 Å². The summed E-state index contributed by atoms with van der Waals surface area (Å²) in [6.45, 7) is 0. The van der Waals surface area contributed by atoms with Crippen LogP contribution in [0.5, 0.6) is 0 Å². The quantitative estimate of drug-likeness (QED) is 0.524. The maximum absolute atomic E-state index is 12.1. The number of hydrogen-bond donors (Lipinski definition) is 0. The van der Waals surface area contributed by atoms with Crippen LogP contribution in [-0.4, -0.2) is 67.6 Å². The van der Waals surface area contributed by atoms with E-state index in [1.54, 1.807) is 0 Å². The van der Waals surface area contributed by atoms with Crippen molar-refractivity contribution in [1.82, 2.24) is 0 Å². The van der Waals surface area contributed by atoms with Gasteiger partial charge >= 0.3 is 177 Å². The van der Waals surface area contributed by atoms with Crippen LogP contribution in [0.15, 0.2) is 0 Å². The van der Waals surface area contributed by atoms with Gasteiger partial charge in [0.15, 0.2) is 0 Å². The molecule has 4 heteroatoms. The zero-order valence-corrected chi connectivity index (χ0v) is 24.4. The van der Waals surface area contributed by atoms with Gasteiger partial charge in [-0.3, -0.25) is 0 Å². The molecule has 2 saturated carbocycles. The minimum absolute atomic E-state index is 0.137. The summed E-state index contributed by atoms with van der Waals surface area (Å²) in [7, 11) is 0. The van der Waals surface area contributed by atoms with Gasteiger partial charge in [0, 0.05) is 0 Å². The first-order chi connectivity index (χ1) is 8.15. The fraction of sp³-hybridized carbons (Fsp3) is 0.923. The van der Waals surface area contributed by atoms with Crippen LogP contribution in [0.4, 0.5) is 0 Å². The van der Waals surface area contributed by atoms with E-state index in [1.807, 2.05) is 0 Å². The molecule has 0 atom stereocenters. The normalized spacial score (nSPS) is 38.6. The van der Waals surface area contributed by atoms with Gasteiger partial charge in [-0.15, -0.1) is 0 Å². The number of hydrogen-bond acceptors (Lipinski definition) is 2. The maximum atomic E-state index is 12.1. The zero-order chi connectivity index (χ0) is 12.3. The third-order valence-electron chi connectivity index (χ3n) is 4.59. The van der Waals surface area contributed by atoms with Gasteiger partial charge < -0.3 is 0 Å².